The van der Waals surface area contributed by atoms with Gasteiger partial charge in [0.05, 0.1) is 0 Å². The number of carbonyl (C=O) groups is 1. The Hall–Kier alpha value is -0.570. The van der Waals surface area contributed by atoms with E-state index in [1.165, 1.54) is 32.1 Å². The second kappa shape index (κ2) is 7.00. The van der Waals surface area contributed by atoms with E-state index in [0.29, 0.717) is 24.3 Å². The van der Waals surface area contributed by atoms with Gasteiger partial charge in [0.2, 0.25) is 5.91 Å². The molecular formula is C14H28N2O. The normalized spacial score (nSPS) is 21.2. The summed E-state index contributed by atoms with van der Waals surface area (Å²) in [5.74, 6) is 1.15. The summed E-state index contributed by atoms with van der Waals surface area (Å²) in [5.41, 5.74) is 5.91. The van der Waals surface area contributed by atoms with Crippen LogP contribution < -0.4 is 11.1 Å². The van der Waals surface area contributed by atoms with E-state index in [0.717, 1.165) is 0 Å². The van der Waals surface area contributed by atoms with E-state index in [1.54, 1.807) is 0 Å². The molecule has 100 valence electrons. The Bertz CT molecular complexity index is 234. The molecule has 1 rings (SSSR count). The Balaban J connectivity index is 2.29. The average Bonchev–Trinajstić information content (AvgIpc) is 2.29. The van der Waals surface area contributed by atoms with Crippen LogP contribution in [0.15, 0.2) is 0 Å². The van der Waals surface area contributed by atoms with E-state index in [-0.39, 0.29) is 11.9 Å². The first-order chi connectivity index (χ1) is 8.00. The second-order valence-electron chi connectivity index (χ2n) is 5.87. The van der Waals surface area contributed by atoms with Gasteiger partial charge in [0.25, 0.3) is 0 Å². The van der Waals surface area contributed by atoms with E-state index < -0.39 is 0 Å². The SMILES string of the molecule is CC(C)C(N)CC(=O)N[C@@H](C)C1CCCCC1. The summed E-state index contributed by atoms with van der Waals surface area (Å²) in [6, 6.07) is 0.288. The molecule has 1 unspecified atom stereocenters. The van der Waals surface area contributed by atoms with Gasteiger partial charge >= 0.3 is 0 Å². The molecule has 0 heterocycles. The number of rotatable bonds is 5. The fraction of sp³-hybridized carbons (Fsp3) is 0.929. The summed E-state index contributed by atoms with van der Waals surface area (Å²) < 4.78 is 0. The lowest BCUT2D eigenvalue weighted by Crippen LogP contribution is -2.42. The van der Waals surface area contributed by atoms with Gasteiger partial charge in [-0.25, -0.2) is 0 Å². The van der Waals surface area contributed by atoms with Crippen molar-refractivity contribution in [3.63, 3.8) is 0 Å². The smallest absolute Gasteiger partial charge is 0.221 e. The van der Waals surface area contributed by atoms with Crippen molar-refractivity contribution in [3.05, 3.63) is 0 Å². The minimum Gasteiger partial charge on any atom is -0.353 e. The molecule has 3 heteroatoms. The minimum absolute atomic E-state index is 0.0199. The van der Waals surface area contributed by atoms with Crippen LogP contribution in [0.3, 0.4) is 0 Å². The molecule has 0 bridgehead atoms. The third-order valence-corrected chi connectivity index (χ3v) is 4.02. The van der Waals surface area contributed by atoms with Crippen molar-refractivity contribution in [2.75, 3.05) is 0 Å². The maximum absolute atomic E-state index is 11.8. The largest absolute Gasteiger partial charge is 0.353 e. The van der Waals surface area contributed by atoms with Gasteiger partial charge in [-0.1, -0.05) is 33.1 Å². The quantitative estimate of drug-likeness (QED) is 0.775. The third kappa shape index (κ3) is 5.07. The van der Waals surface area contributed by atoms with Crippen LogP contribution in [-0.4, -0.2) is 18.0 Å². The number of nitrogens with one attached hydrogen (secondary N) is 1. The number of amides is 1. The summed E-state index contributed by atoms with van der Waals surface area (Å²) >= 11 is 0. The zero-order valence-electron chi connectivity index (χ0n) is 11.5. The van der Waals surface area contributed by atoms with Gasteiger partial charge in [-0.15, -0.1) is 0 Å². The van der Waals surface area contributed by atoms with Crippen molar-refractivity contribution in [2.24, 2.45) is 17.6 Å². The Labute approximate surface area is 106 Å². The van der Waals surface area contributed by atoms with Gasteiger partial charge in [-0.3, -0.25) is 4.79 Å². The average molecular weight is 240 g/mol. The highest BCUT2D eigenvalue weighted by Crippen LogP contribution is 2.26. The summed E-state index contributed by atoms with van der Waals surface area (Å²) in [4.78, 5) is 11.8. The van der Waals surface area contributed by atoms with Crippen LogP contribution in [0.1, 0.15) is 59.3 Å². The highest BCUT2D eigenvalue weighted by molar-refractivity contribution is 5.76. The number of hydrogen-bond donors (Lipinski definition) is 2. The monoisotopic (exact) mass is 240 g/mol. The van der Waals surface area contributed by atoms with Crippen LogP contribution in [0.25, 0.3) is 0 Å². The molecule has 0 radical (unpaired) electrons. The van der Waals surface area contributed by atoms with Crippen LogP contribution in [0.4, 0.5) is 0 Å². The molecule has 17 heavy (non-hydrogen) atoms. The molecule has 0 aromatic rings. The van der Waals surface area contributed by atoms with Crippen molar-refractivity contribution in [1.29, 1.82) is 0 Å². The number of nitrogens with two attached hydrogens (primary N) is 1. The number of carbonyl (C=O) groups excluding carboxylic acids is 1. The van der Waals surface area contributed by atoms with Crippen LogP contribution >= 0.6 is 0 Å². The first-order valence-electron chi connectivity index (χ1n) is 7.05. The topological polar surface area (TPSA) is 55.1 Å². The van der Waals surface area contributed by atoms with Crippen LogP contribution in [0.5, 0.6) is 0 Å². The molecule has 1 aliphatic carbocycles. The first-order valence-corrected chi connectivity index (χ1v) is 7.05. The van der Waals surface area contributed by atoms with Gasteiger partial charge in [0.15, 0.2) is 0 Å². The molecule has 0 aliphatic heterocycles. The Morgan fingerprint density at radius 1 is 1.24 bits per heavy atom. The van der Waals surface area contributed by atoms with Gasteiger partial charge in [-0.2, -0.15) is 0 Å². The lowest BCUT2D eigenvalue weighted by molar-refractivity contribution is -0.122. The van der Waals surface area contributed by atoms with Crippen molar-refractivity contribution >= 4 is 5.91 Å². The Morgan fingerprint density at radius 3 is 2.35 bits per heavy atom. The lowest BCUT2D eigenvalue weighted by atomic mass is 9.84. The molecule has 3 N–H and O–H groups in total. The third-order valence-electron chi connectivity index (χ3n) is 4.02. The van der Waals surface area contributed by atoms with E-state index in [1.807, 2.05) is 0 Å². The van der Waals surface area contributed by atoms with Crippen LogP contribution in [0.2, 0.25) is 0 Å². The molecule has 0 spiro atoms. The molecular weight excluding hydrogens is 212 g/mol. The highest BCUT2D eigenvalue weighted by atomic mass is 16.1. The van der Waals surface area contributed by atoms with Gasteiger partial charge < -0.3 is 11.1 Å². The summed E-state index contributed by atoms with van der Waals surface area (Å²) in [7, 11) is 0. The van der Waals surface area contributed by atoms with Crippen molar-refractivity contribution in [1.82, 2.24) is 5.32 Å². The number of hydrogen-bond acceptors (Lipinski definition) is 2. The van der Waals surface area contributed by atoms with Crippen molar-refractivity contribution < 1.29 is 4.79 Å². The highest BCUT2D eigenvalue weighted by Gasteiger charge is 2.22. The first kappa shape index (κ1) is 14.5. The summed E-state index contributed by atoms with van der Waals surface area (Å²) in [6.45, 7) is 6.25. The van der Waals surface area contributed by atoms with E-state index >= 15 is 0 Å². The molecule has 0 aromatic heterocycles. The fourth-order valence-electron chi connectivity index (χ4n) is 2.51. The van der Waals surface area contributed by atoms with Crippen LogP contribution in [0, 0.1) is 11.8 Å². The molecule has 2 atom stereocenters. The molecule has 1 saturated carbocycles. The standard InChI is InChI=1S/C14H28N2O/c1-10(2)13(15)9-14(17)16-11(3)12-7-5-4-6-8-12/h10-13H,4-9,15H2,1-3H3,(H,16,17)/t11-,13?/m0/s1. The zero-order valence-corrected chi connectivity index (χ0v) is 11.5. The van der Waals surface area contributed by atoms with Gasteiger partial charge in [0.1, 0.15) is 0 Å². The maximum atomic E-state index is 11.8. The molecule has 1 amide bonds. The Morgan fingerprint density at radius 2 is 1.82 bits per heavy atom. The van der Waals surface area contributed by atoms with Crippen molar-refractivity contribution in [3.8, 4) is 0 Å². The van der Waals surface area contributed by atoms with Gasteiger partial charge in [-0.05, 0) is 31.6 Å². The minimum atomic E-state index is -0.0199. The molecule has 3 nitrogen and oxygen atoms in total. The predicted octanol–water partition coefficient (Wildman–Crippen LogP) is 2.44. The van der Waals surface area contributed by atoms with Crippen LogP contribution in [-0.2, 0) is 4.79 Å². The van der Waals surface area contributed by atoms with E-state index in [4.69, 9.17) is 5.73 Å². The fourth-order valence-corrected chi connectivity index (χ4v) is 2.51. The van der Waals surface area contributed by atoms with E-state index in [2.05, 4.69) is 26.1 Å². The van der Waals surface area contributed by atoms with Crippen molar-refractivity contribution in [2.45, 2.75) is 71.4 Å². The maximum Gasteiger partial charge on any atom is 0.221 e. The zero-order chi connectivity index (χ0) is 12.8. The summed E-state index contributed by atoms with van der Waals surface area (Å²) in [5, 5.41) is 3.12. The molecule has 0 aromatic carbocycles. The van der Waals surface area contributed by atoms with Gasteiger partial charge in [0, 0.05) is 18.5 Å². The summed E-state index contributed by atoms with van der Waals surface area (Å²) in [6.07, 6.45) is 6.96. The van der Waals surface area contributed by atoms with E-state index in [9.17, 15) is 4.79 Å². The molecule has 1 aliphatic rings. The predicted molar refractivity (Wildman–Crippen MR) is 71.6 cm³/mol. The molecule has 1 fully saturated rings. The lowest BCUT2D eigenvalue weighted by Gasteiger charge is -2.28. The molecule has 0 saturated heterocycles. The second-order valence-corrected chi connectivity index (χ2v) is 5.87. The Kier molecular flexibility index (Phi) is 5.96.